The van der Waals surface area contributed by atoms with Crippen LogP contribution in [0.1, 0.15) is 63.1 Å². The van der Waals surface area contributed by atoms with Gasteiger partial charge in [-0.1, -0.05) is 105 Å². The highest BCUT2D eigenvalue weighted by atomic mass is 35.5. The van der Waals surface area contributed by atoms with E-state index in [-0.39, 0.29) is 30.3 Å². The number of hydrogen-bond donors (Lipinski definition) is 1. The number of sulfonamides is 1. The molecular formula is C34H41Cl2N3O4S. The van der Waals surface area contributed by atoms with Crippen LogP contribution < -0.4 is 9.62 Å². The molecule has 4 rings (SSSR count). The predicted octanol–water partition coefficient (Wildman–Crippen LogP) is 6.76. The highest BCUT2D eigenvalue weighted by molar-refractivity contribution is 7.92. The third-order valence-electron chi connectivity index (χ3n) is 8.06. The van der Waals surface area contributed by atoms with Crippen molar-refractivity contribution in [3.8, 4) is 0 Å². The van der Waals surface area contributed by atoms with E-state index in [2.05, 4.69) is 26.1 Å². The van der Waals surface area contributed by atoms with E-state index < -0.39 is 28.5 Å². The molecule has 0 aliphatic heterocycles. The molecular weight excluding hydrogens is 617 g/mol. The first-order chi connectivity index (χ1) is 20.7. The van der Waals surface area contributed by atoms with Gasteiger partial charge in [0.15, 0.2) is 0 Å². The Morgan fingerprint density at radius 3 is 2.05 bits per heavy atom. The predicted molar refractivity (Wildman–Crippen MR) is 179 cm³/mol. The van der Waals surface area contributed by atoms with Crippen LogP contribution in [-0.2, 0) is 38.0 Å². The fourth-order valence-electron chi connectivity index (χ4n) is 5.52. The smallest absolute Gasteiger partial charge is 0.244 e. The van der Waals surface area contributed by atoms with E-state index in [1.807, 2.05) is 42.5 Å². The summed E-state index contributed by atoms with van der Waals surface area (Å²) in [5.74, 6) is -0.841. The van der Waals surface area contributed by atoms with Crippen LogP contribution in [0.4, 0.5) is 5.69 Å². The Morgan fingerprint density at radius 2 is 1.50 bits per heavy atom. The minimum absolute atomic E-state index is 0.0236. The van der Waals surface area contributed by atoms with Gasteiger partial charge in [0.25, 0.3) is 0 Å². The van der Waals surface area contributed by atoms with Crippen LogP contribution in [0.15, 0.2) is 72.8 Å². The lowest BCUT2D eigenvalue weighted by Gasteiger charge is -2.34. The first-order valence-corrected chi connectivity index (χ1v) is 17.5. The van der Waals surface area contributed by atoms with Crippen LogP contribution in [0.5, 0.6) is 0 Å². The van der Waals surface area contributed by atoms with Crippen molar-refractivity contribution in [2.24, 2.45) is 0 Å². The van der Waals surface area contributed by atoms with E-state index in [0.717, 1.165) is 47.4 Å². The molecule has 44 heavy (non-hydrogen) atoms. The fraction of sp³-hybridized carbons (Fsp3) is 0.412. The topological polar surface area (TPSA) is 86.8 Å². The van der Waals surface area contributed by atoms with Gasteiger partial charge in [0, 0.05) is 34.6 Å². The summed E-state index contributed by atoms with van der Waals surface area (Å²) in [5, 5.41) is 3.85. The van der Waals surface area contributed by atoms with Crippen molar-refractivity contribution in [1.82, 2.24) is 10.2 Å². The summed E-state index contributed by atoms with van der Waals surface area (Å²) < 4.78 is 27.3. The molecule has 1 saturated carbocycles. The minimum Gasteiger partial charge on any atom is -0.352 e. The van der Waals surface area contributed by atoms with Gasteiger partial charge in [-0.25, -0.2) is 8.42 Å². The zero-order valence-corrected chi connectivity index (χ0v) is 28.1. The number of amides is 2. The molecule has 10 heteroatoms. The van der Waals surface area contributed by atoms with Gasteiger partial charge < -0.3 is 10.2 Å². The fourth-order valence-corrected chi connectivity index (χ4v) is 6.88. The molecule has 3 aromatic carbocycles. The molecule has 7 nitrogen and oxygen atoms in total. The van der Waals surface area contributed by atoms with Gasteiger partial charge in [-0.3, -0.25) is 13.9 Å². The molecule has 0 unspecified atom stereocenters. The van der Waals surface area contributed by atoms with E-state index in [1.54, 1.807) is 30.3 Å². The standard InChI is InChI=1S/C34H41Cl2N3O4S/c1-34(2,3)25-17-19-27(20-18-25)39(44(4,42)43)23-32(40)38(22-28-29(35)15-10-16-30(28)36)31(21-24-11-6-5-7-12-24)33(41)37-26-13-8-9-14-26/h5-7,10-12,15-20,26,31H,8-9,13-14,21-23H2,1-4H3,(H,37,41)/t31-/m0/s1. The highest BCUT2D eigenvalue weighted by Crippen LogP contribution is 2.29. The second-order valence-corrected chi connectivity index (χ2v) is 15.2. The number of carbonyl (C=O) groups excluding carboxylic acids is 2. The van der Waals surface area contributed by atoms with Crippen molar-refractivity contribution in [2.45, 2.75) is 76.9 Å². The minimum atomic E-state index is -3.87. The maximum absolute atomic E-state index is 14.4. The molecule has 0 radical (unpaired) electrons. The molecule has 3 aromatic rings. The number of benzene rings is 3. The average Bonchev–Trinajstić information content (AvgIpc) is 3.47. The van der Waals surface area contributed by atoms with Crippen LogP contribution in [0, 0.1) is 0 Å². The lowest BCUT2D eigenvalue weighted by Crippen LogP contribution is -2.54. The van der Waals surface area contributed by atoms with Crippen LogP contribution in [0.3, 0.4) is 0 Å². The molecule has 0 aromatic heterocycles. The lowest BCUT2D eigenvalue weighted by molar-refractivity contribution is -0.140. The molecule has 1 N–H and O–H groups in total. The lowest BCUT2D eigenvalue weighted by atomic mass is 9.87. The summed E-state index contributed by atoms with van der Waals surface area (Å²) in [6.45, 7) is 5.63. The third-order valence-corrected chi connectivity index (χ3v) is 9.91. The second-order valence-electron chi connectivity index (χ2n) is 12.5. The Labute approximate surface area is 271 Å². The van der Waals surface area contributed by atoms with Crippen LogP contribution in [0.25, 0.3) is 0 Å². The summed E-state index contributed by atoms with van der Waals surface area (Å²) >= 11 is 13.1. The first-order valence-electron chi connectivity index (χ1n) is 14.9. The van der Waals surface area contributed by atoms with Gasteiger partial charge >= 0.3 is 0 Å². The number of carbonyl (C=O) groups is 2. The first kappa shape index (κ1) is 33.8. The summed E-state index contributed by atoms with van der Waals surface area (Å²) in [5.41, 5.74) is 2.60. The summed E-state index contributed by atoms with van der Waals surface area (Å²) in [4.78, 5) is 29.8. The Balaban J connectivity index is 1.75. The molecule has 0 heterocycles. The summed E-state index contributed by atoms with van der Waals surface area (Å²) in [7, 11) is -3.87. The molecule has 0 bridgehead atoms. The Hall–Kier alpha value is -3.07. The number of nitrogens with one attached hydrogen (secondary N) is 1. The number of anilines is 1. The average molecular weight is 659 g/mol. The molecule has 2 amide bonds. The van der Waals surface area contributed by atoms with Gasteiger partial charge in [-0.15, -0.1) is 0 Å². The van der Waals surface area contributed by atoms with Crippen molar-refractivity contribution in [3.63, 3.8) is 0 Å². The zero-order valence-electron chi connectivity index (χ0n) is 25.7. The summed E-state index contributed by atoms with van der Waals surface area (Å²) in [6.07, 6.45) is 5.11. The molecule has 1 atom stereocenters. The second kappa shape index (κ2) is 14.4. The van der Waals surface area contributed by atoms with Gasteiger partial charge in [-0.05, 0) is 53.6 Å². The molecule has 0 saturated heterocycles. The van der Waals surface area contributed by atoms with E-state index >= 15 is 0 Å². The van der Waals surface area contributed by atoms with E-state index in [9.17, 15) is 18.0 Å². The number of halogens is 2. The number of hydrogen-bond acceptors (Lipinski definition) is 4. The van der Waals surface area contributed by atoms with Gasteiger partial charge in [0.05, 0.1) is 11.9 Å². The monoisotopic (exact) mass is 657 g/mol. The Morgan fingerprint density at radius 1 is 0.909 bits per heavy atom. The van der Waals surface area contributed by atoms with E-state index in [1.165, 1.54) is 4.90 Å². The SMILES string of the molecule is CC(C)(C)c1ccc(N(CC(=O)N(Cc2c(Cl)cccc2Cl)[C@@H](Cc2ccccc2)C(=O)NC2CCCC2)S(C)(=O)=O)cc1. The molecule has 1 fully saturated rings. The van der Waals surface area contributed by atoms with Crippen molar-refractivity contribution in [1.29, 1.82) is 0 Å². The van der Waals surface area contributed by atoms with Crippen molar-refractivity contribution >= 4 is 50.7 Å². The number of rotatable bonds is 11. The number of nitrogens with zero attached hydrogens (tertiary/aromatic N) is 2. The maximum atomic E-state index is 14.4. The maximum Gasteiger partial charge on any atom is 0.244 e. The van der Waals surface area contributed by atoms with Crippen LogP contribution in [-0.4, -0.2) is 50.0 Å². The normalized spacial score (nSPS) is 14.7. The van der Waals surface area contributed by atoms with E-state index in [0.29, 0.717) is 21.3 Å². The molecule has 0 spiro atoms. The Kier molecular flexibility index (Phi) is 11.0. The van der Waals surface area contributed by atoms with Crippen molar-refractivity contribution in [3.05, 3.63) is 99.5 Å². The largest absolute Gasteiger partial charge is 0.352 e. The van der Waals surface area contributed by atoms with E-state index in [4.69, 9.17) is 23.2 Å². The molecule has 236 valence electrons. The van der Waals surface area contributed by atoms with Gasteiger partial charge in [0.2, 0.25) is 21.8 Å². The van der Waals surface area contributed by atoms with Crippen LogP contribution >= 0.6 is 23.2 Å². The zero-order chi connectivity index (χ0) is 32.1. The molecule has 1 aliphatic rings. The van der Waals surface area contributed by atoms with Gasteiger partial charge in [0.1, 0.15) is 12.6 Å². The Bertz CT molecular complexity index is 1530. The summed E-state index contributed by atoms with van der Waals surface area (Å²) in [6, 6.07) is 20.7. The van der Waals surface area contributed by atoms with Crippen molar-refractivity contribution in [2.75, 3.05) is 17.1 Å². The van der Waals surface area contributed by atoms with Gasteiger partial charge in [-0.2, -0.15) is 0 Å². The molecule has 1 aliphatic carbocycles. The highest BCUT2D eigenvalue weighted by Gasteiger charge is 2.35. The third kappa shape index (κ3) is 8.77. The quantitative estimate of drug-likeness (QED) is 0.247. The van der Waals surface area contributed by atoms with Crippen molar-refractivity contribution < 1.29 is 18.0 Å². The van der Waals surface area contributed by atoms with Crippen LogP contribution in [0.2, 0.25) is 10.0 Å².